The molecule has 0 radical (unpaired) electrons. The van der Waals surface area contributed by atoms with Crippen LogP contribution in [0, 0.1) is 5.21 Å². The second-order valence-electron chi connectivity index (χ2n) is 7.59. The fourth-order valence-corrected chi connectivity index (χ4v) is 3.23. The van der Waals surface area contributed by atoms with Crippen LogP contribution in [-0.2, 0) is 4.84 Å². The maximum absolute atomic E-state index is 12.4. The van der Waals surface area contributed by atoms with Gasteiger partial charge in [0.15, 0.2) is 0 Å². The lowest BCUT2D eigenvalue weighted by atomic mass is 9.98. The third-order valence-electron chi connectivity index (χ3n) is 4.69. The Morgan fingerprint density at radius 3 is 2.59 bits per heavy atom. The molecule has 9 heteroatoms. The fourth-order valence-electron chi connectivity index (χ4n) is 3.23. The van der Waals surface area contributed by atoms with Crippen LogP contribution in [0.2, 0.25) is 0 Å². The molecule has 9 nitrogen and oxygen atoms in total. The van der Waals surface area contributed by atoms with Crippen molar-refractivity contribution in [2.24, 2.45) is 10.4 Å². The lowest BCUT2D eigenvalue weighted by Crippen LogP contribution is -2.47. The van der Waals surface area contributed by atoms with E-state index in [0.29, 0.717) is 10.9 Å². The SMILES string of the molecule is COc1ccc([C@@H]2CC[C@H](O/N=[N+](\[O-])N(CCN=[N+]=[N-])C(C)(C)C)C2)cc1. The minimum atomic E-state index is -0.471. The van der Waals surface area contributed by atoms with Gasteiger partial charge in [-0.3, -0.25) is 0 Å². The van der Waals surface area contributed by atoms with Crippen molar-refractivity contribution >= 4 is 0 Å². The van der Waals surface area contributed by atoms with Crippen molar-refractivity contribution in [3.8, 4) is 5.75 Å². The third kappa shape index (κ3) is 5.92. The molecule has 0 N–H and O–H groups in total. The molecule has 0 aromatic heterocycles. The second-order valence-corrected chi connectivity index (χ2v) is 7.59. The predicted molar refractivity (Wildman–Crippen MR) is 101 cm³/mol. The highest BCUT2D eigenvalue weighted by atomic mass is 16.7. The zero-order valence-electron chi connectivity index (χ0n) is 16.4. The maximum Gasteiger partial charge on any atom is 0.233 e. The molecule has 148 valence electrons. The van der Waals surface area contributed by atoms with Gasteiger partial charge in [-0.25, -0.2) is 0 Å². The zero-order chi connectivity index (χ0) is 19.9. The summed E-state index contributed by atoms with van der Waals surface area (Å²) in [5.41, 5.74) is 9.18. The van der Waals surface area contributed by atoms with Crippen molar-refractivity contribution in [1.82, 2.24) is 5.01 Å². The van der Waals surface area contributed by atoms with E-state index in [0.717, 1.165) is 25.0 Å². The van der Waals surface area contributed by atoms with E-state index in [1.54, 1.807) is 7.11 Å². The second kappa shape index (κ2) is 9.32. The number of hydrogen-bond donors (Lipinski definition) is 0. The van der Waals surface area contributed by atoms with Gasteiger partial charge in [0, 0.05) is 11.5 Å². The molecular formula is C18H28N6O3. The Morgan fingerprint density at radius 2 is 2.00 bits per heavy atom. The molecule has 0 aliphatic heterocycles. The minimum Gasteiger partial charge on any atom is -0.569 e. The van der Waals surface area contributed by atoms with Gasteiger partial charge in [0.1, 0.15) is 11.9 Å². The molecule has 0 bridgehead atoms. The van der Waals surface area contributed by atoms with E-state index in [1.165, 1.54) is 10.6 Å². The molecule has 1 saturated carbocycles. The molecule has 2 atom stereocenters. The van der Waals surface area contributed by atoms with Crippen LogP contribution in [-0.4, -0.2) is 41.8 Å². The summed E-state index contributed by atoms with van der Waals surface area (Å²) in [6, 6.07) is 8.05. The van der Waals surface area contributed by atoms with Crippen molar-refractivity contribution < 1.29 is 14.5 Å². The van der Waals surface area contributed by atoms with Crippen LogP contribution < -0.4 is 4.74 Å². The molecule has 27 heavy (non-hydrogen) atoms. The van der Waals surface area contributed by atoms with E-state index in [2.05, 4.69) is 27.4 Å². The summed E-state index contributed by atoms with van der Waals surface area (Å²) < 4.78 is 5.19. The molecule has 0 spiro atoms. The number of benzene rings is 1. The van der Waals surface area contributed by atoms with Crippen molar-refractivity contribution in [1.29, 1.82) is 0 Å². The Bertz CT molecular complexity index is 679. The van der Waals surface area contributed by atoms with Crippen LogP contribution in [0.3, 0.4) is 0 Å². The normalized spacial score (nSPS) is 20.1. The van der Waals surface area contributed by atoms with Crippen LogP contribution in [0.15, 0.2) is 34.7 Å². The first kappa shape index (κ1) is 20.6. The summed E-state index contributed by atoms with van der Waals surface area (Å²) in [5.74, 6) is 1.23. The Kier molecular flexibility index (Phi) is 7.12. The molecule has 0 heterocycles. The molecule has 0 saturated heterocycles. The summed E-state index contributed by atoms with van der Waals surface area (Å²) in [6.07, 6.45) is 2.57. The molecule has 1 aromatic rings. The Morgan fingerprint density at radius 1 is 1.30 bits per heavy atom. The first-order valence-corrected chi connectivity index (χ1v) is 9.11. The predicted octanol–water partition coefficient (Wildman–Crippen LogP) is 4.55. The van der Waals surface area contributed by atoms with Crippen molar-refractivity contribution in [2.75, 3.05) is 20.2 Å². The van der Waals surface area contributed by atoms with Crippen LogP contribution in [0.5, 0.6) is 5.75 Å². The smallest absolute Gasteiger partial charge is 0.233 e. The first-order chi connectivity index (χ1) is 12.8. The van der Waals surface area contributed by atoms with Gasteiger partial charge < -0.3 is 14.8 Å². The van der Waals surface area contributed by atoms with E-state index in [9.17, 15) is 5.21 Å². The molecule has 0 amide bonds. The number of hydrogen-bond acceptors (Lipinski definition) is 5. The van der Waals surface area contributed by atoms with Gasteiger partial charge in [0.2, 0.25) is 5.28 Å². The molecule has 1 fully saturated rings. The quantitative estimate of drug-likeness (QED) is 0.218. The number of rotatable bonds is 8. The van der Waals surface area contributed by atoms with Crippen LogP contribution in [0.25, 0.3) is 10.4 Å². The summed E-state index contributed by atoms with van der Waals surface area (Å²) in [6.45, 7) is 6.12. The average molecular weight is 376 g/mol. The fraction of sp³-hybridized carbons (Fsp3) is 0.667. The summed E-state index contributed by atoms with van der Waals surface area (Å²) in [7, 11) is 1.65. The van der Waals surface area contributed by atoms with Gasteiger partial charge in [-0.05, 0) is 69.2 Å². The van der Waals surface area contributed by atoms with Gasteiger partial charge in [-0.15, -0.1) is 5.01 Å². The lowest BCUT2D eigenvalue weighted by Gasteiger charge is -2.29. The number of azide groups is 1. The number of methoxy groups -OCH3 is 1. The van der Waals surface area contributed by atoms with E-state index in [4.69, 9.17) is 15.1 Å². The highest BCUT2D eigenvalue weighted by Crippen LogP contribution is 2.36. The number of hydrazine groups is 1. The summed E-state index contributed by atoms with van der Waals surface area (Å²) in [4.78, 5) is 8.69. The van der Waals surface area contributed by atoms with Crippen LogP contribution >= 0.6 is 0 Å². The Balaban J connectivity index is 1.94. The standard InChI is InChI=1S/C18H28N6O3/c1-18(2,3)23(12-11-20-21-19)24(25)22-27-17-10-7-15(13-17)14-5-8-16(26-4)9-6-14/h5-6,8-9,15,17H,7,10-13H2,1-4H3/b24-22-/t15-,17+/m1/s1. The lowest BCUT2D eigenvalue weighted by molar-refractivity contribution is -0.725. The van der Waals surface area contributed by atoms with E-state index >= 15 is 0 Å². The van der Waals surface area contributed by atoms with Crippen molar-refractivity contribution in [3.63, 3.8) is 0 Å². The molecule has 1 aromatic carbocycles. The average Bonchev–Trinajstić information content (AvgIpc) is 3.11. The van der Waals surface area contributed by atoms with Crippen molar-refractivity contribution in [3.05, 3.63) is 45.5 Å². The topological polar surface area (TPSA) is 109 Å². The van der Waals surface area contributed by atoms with Gasteiger partial charge in [-0.1, -0.05) is 17.2 Å². The molecule has 1 aliphatic rings. The molecule has 2 rings (SSSR count). The van der Waals surface area contributed by atoms with Gasteiger partial charge >= 0.3 is 0 Å². The highest BCUT2D eigenvalue weighted by Gasteiger charge is 2.31. The van der Waals surface area contributed by atoms with E-state index in [1.807, 2.05) is 32.9 Å². The van der Waals surface area contributed by atoms with E-state index in [-0.39, 0.29) is 19.2 Å². The van der Waals surface area contributed by atoms with Crippen LogP contribution in [0.1, 0.15) is 51.5 Å². The summed E-state index contributed by atoms with van der Waals surface area (Å²) >= 11 is 0. The first-order valence-electron chi connectivity index (χ1n) is 9.11. The summed E-state index contributed by atoms with van der Waals surface area (Å²) in [5, 5.41) is 21.1. The third-order valence-corrected chi connectivity index (χ3v) is 4.69. The van der Waals surface area contributed by atoms with Crippen molar-refractivity contribution in [2.45, 2.75) is 57.6 Å². The molecule has 1 aliphatic carbocycles. The van der Waals surface area contributed by atoms with Crippen LogP contribution in [0.4, 0.5) is 0 Å². The highest BCUT2D eigenvalue weighted by molar-refractivity contribution is 5.29. The van der Waals surface area contributed by atoms with E-state index < -0.39 is 5.54 Å². The largest absolute Gasteiger partial charge is 0.569 e. The molecule has 0 unspecified atom stereocenters. The monoisotopic (exact) mass is 376 g/mol. The number of nitrogens with zero attached hydrogens (tertiary/aromatic N) is 6. The van der Waals surface area contributed by atoms with Gasteiger partial charge in [-0.2, -0.15) is 0 Å². The Labute approximate surface area is 159 Å². The zero-order valence-corrected chi connectivity index (χ0v) is 16.4. The number of ether oxygens (including phenoxy) is 1. The maximum atomic E-state index is 12.4. The molecular weight excluding hydrogens is 348 g/mol. The van der Waals surface area contributed by atoms with Gasteiger partial charge in [0.05, 0.1) is 24.2 Å². The van der Waals surface area contributed by atoms with Gasteiger partial charge in [0.25, 0.3) is 0 Å². The Hall–Kier alpha value is -2.67. The minimum absolute atomic E-state index is 0.0903.